The Morgan fingerprint density at radius 1 is 1.61 bits per heavy atom. The topological polar surface area (TPSA) is 75.6 Å². The van der Waals surface area contributed by atoms with Crippen LogP contribution in [-0.2, 0) is 16.0 Å². The molecule has 104 valence electrons. The number of halogens is 1. The molecule has 1 aromatic carbocycles. The SMILES string of the molecule is COc1ccc(C[C@H](N[C-]=O)C(=O)O)cc1Cl.[Fm]. The summed E-state index contributed by atoms with van der Waals surface area (Å²) >= 11 is 5.90. The molecule has 0 aromatic heterocycles. The Kier molecular flexibility index (Phi) is 5.72. The third-order valence-electron chi connectivity index (χ3n) is 2.19. The molecule has 0 radical (unpaired) electrons. The predicted molar refractivity (Wildman–Crippen MR) is 62.0 cm³/mol. The average Bonchev–Trinajstić information content (AvgIpc) is 2.28. The minimum Gasteiger partial charge on any atom is -0.520 e. The number of hydrogen-bond acceptors (Lipinski definition) is 3. The van der Waals surface area contributed by atoms with Crippen LogP contribution in [0.25, 0.3) is 0 Å². The van der Waals surface area contributed by atoms with Gasteiger partial charge in [0, 0.05) is 6.42 Å². The average molecular weight is 514 g/mol. The summed E-state index contributed by atoms with van der Waals surface area (Å²) in [4.78, 5) is 20.9. The minimum atomic E-state index is -1.12. The van der Waals surface area contributed by atoms with Crippen molar-refractivity contribution in [3.63, 3.8) is 0 Å². The Morgan fingerprint density at radius 3 is 2.72 bits per heavy atom. The fraction of sp³-hybridized carbons (Fsp3) is 0.273. The normalized spacial score (nSPS) is 11.0. The van der Waals surface area contributed by atoms with E-state index < -0.39 is 12.0 Å². The van der Waals surface area contributed by atoms with E-state index in [2.05, 4.69) is 5.32 Å². The maximum atomic E-state index is 10.8. The van der Waals surface area contributed by atoms with Crippen molar-refractivity contribution >= 4 is 24.0 Å². The maximum Gasteiger partial charge on any atom is 0.323 e. The molecule has 18 heavy (non-hydrogen) atoms. The van der Waals surface area contributed by atoms with Gasteiger partial charge in [-0.3, -0.25) is 4.79 Å². The van der Waals surface area contributed by atoms with E-state index in [1.54, 1.807) is 18.2 Å². The van der Waals surface area contributed by atoms with Crippen molar-refractivity contribution in [3.8, 4) is 5.75 Å². The Hall–Kier alpha value is -2.75. The van der Waals surface area contributed by atoms with Gasteiger partial charge in [0.15, 0.2) is 0 Å². The van der Waals surface area contributed by atoms with Gasteiger partial charge in [0.1, 0.15) is 11.8 Å². The van der Waals surface area contributed by atoms with Crippen LogP contribution < -0.4 is 10.1 Å². The second kappa shape index (κ2) is 6.75. The van der Waals surface area contributed by atoms with Crippen molar-refractivity contribution in [2.45, 2.75) is 12.5 Å². The van der Waals surface area contributed by atoms with Gasteiger partial charge in [-0.1, -0.05) is 17.7 Å². The zero-order valence-electron chi connectivity index (χ0n) is 9.36. The number of ether oxygens (including phenoxy) is 1. The molecule has 0 fully saturated rings. The number of carboxylic acid groups (broad SMARTS) is 1. The van der Waals surface area contributed by atoms with E-state index in [4.69, 9.17) is 21.4 Å². The number of methoxy groups -OCH3 is 1. The van der Waals surface area contributed by atoms with Gasteiger partial charge in [-0.2, -0.15) is 6.41 Å². The maximum absolute atomic E-state index is 10.8. The van der Waals surface area contributed by atoms with Crippen LogP contribution in [0.5, 0.6) is 5.75 Å². The van der Waals surface area contributed by atoms with Gasteiger partial charge in [-0.05, 0) is 17.7 Å². The second-order valence-corrected chi connectivity index (χ2v) is 3.72. The van der Waals surface area contributed by atoms with Crippen LogP contribution in [0.4, 0.5) is 0 Å². The molecule has 0 unspecified atom stereocenters. The van der Waals surface area contributed by atoms with Crippen molar-refractivity contribution in [1.29, 1.82) is 0 Å². The summed E-state index contributed by atoms with van der Waals surface area (Å²) in [6, 6.07) is 3.91. The zero-order valence-corrected chi connectivity index (χ0v) is 12.5. The first-order chi connectivity index (χ1) is 8.08. The summed E-state index contributed by atoms with van der Waals surface area (Å²) in [5.41, 5.74) is 0.686. The molecule has 1 amide bonds. The smallest absolute Gasteiger partial charge is 0.323 e. The molecular weight excluding hydrogens is 503 g/mol. The molecule has 0 heterocycles. The van der Waals surface area contributed by atoms with E-state index in [0.717, 1.165) is 0 Å². The molecular formula is C11H11ClFmNO4-. The summed E-state index contributed by atoms with van der Waals surface area (Å²) < 4.78 is 4.97. The number of nitrogens with one attached hydrogen (secondary N) is 1. The van der Waals surface area contributed by atoms with Crippen LogP contribution in [0.1, 0.15) is 5.56 Å². The predicted octanol–water partition coefficient (Wildman–Crippen LogP) is 1.00. The van der Waals surface area contributed by atoms with Crippen LogP contribution in [0, 0.1) is 0 Å². The molecule has 5 nitrogen and oxygen atoms in total. The van der Waals surface area contributed by atoms with Crippen LogP contribution in [0.15, 0.2) is 18.2 Å². The quantitative estimate of drug-likeness (QED) is 0.440. The molecule has 2 N–H and O–H groups in total. The molecule has 1 aromatic rings. The fourth-order valence-electron chi connectivity index (χ4n) is 1.34. The molecule has 1 rings (SSSR count). The van der Waals surface area contributed by atoms with E-state index in [0.29, 0.717) is 16.3 Å². The standard InChI is InChI=1S/C11H11ClNO4.Fm/c1-17-10-3-2-7(4-8(10)12)5-9(11(15)16)13-6-14;/h2-4,9H,5H2,1H3,(H,13,14)(H,15,16);/q-1;/t9-;/m0./s1. The van der Waals surface area contributed by atoms with Gasteiger partial charge < -0.3 is 20.0 Å². The van der Waals surface area contributed by atoms with E-state index >= 15 is 0 Å². The van der Waals surface area contributed by atoms with E-state index in [1.165, 1.54) is 13.5 Å². The second-order valence-electron chi connectivity index (χ2n) is 3.31. The van der Waals surface area contributed by atoms with Gasteiger partial charge in [0.2, 0.25) is 0 Å². The van der Waals surface area contributed by atoms with Crippen molar-refractivity contribution in [3.05, 3.63) is 28.8 Å². The van der Waals surface area contributed by atoms with Crippen molar-refractivity contribution < 1.29 is 19.4 Å². The first-order valence-electron chi connectivity index (χ1n) is 4.76. The molecule has 0 aliphatic carbocycles. The third-order valence-corrected chi connectivity index (χ3v) is 2.48. The molecule has 0 aliphatic rings. The monoisotopic (exact) mass is 513 g/mol. The largest absolute Gasteiger partial charge is 0.520 e. The minimum absolute atomic E-state index is 0. The number of carboxylic acids is 1. The number of amides is 1. The van der Waals surface area contributed by atoms with Crippen LogP contribution >= 0.6 is 11.6 Å². The fourth-order valence-corrected chi connectivity index (χ4v) is 1.62. The third kappa shape index (κ3) is 3.68. The summed E-state index contributed by atoms with van der Waals surface area (Å²) in [7, 11) is 1.49. The van der Waals surface area contributed by atoms with Crippen LogP contribution in [0.3, 0.4) is 0 Å². The summed E-state index contributed by atoms with van der Waals surface area (Å²) in [6.07, 6.45) is 1.50. The zero-order chi connectivity index (χ0) is 12.8. The van der Waals surface area contributed by atoms with E-state index in [9.17, 15) is 9.59 Å². The number of hydrogen-bond donors (Lipinski definition) is 2. The number of aliphatic carboxylic acids is 1. The van der Waals surface area contributed by atoms with Gasteiger partial charge >= 0.3 is 5.97 Å². The molecule has 7 heteroatoms. The first-order valence-corrected chi connectivity index (χ1v) is 5.14. The van der Waals surface area contributed by atoms with Crippen LogP contribution in [0.2, 0.25) is 5.02 Å². The van der Waals surface area contributed by atoms with Gasteiger partial charge in [0.05, 0.1) is 12.1 Å². The number of rotatable bonds is 6. The van der Waals surface area contributed by atoms with Crippen molar-refractivity contribution in [1.82, 2.24) is 5.32 Å². The Morgan fingerprint density at radius 2 is 2.28 bits per heavy atom. The number of benzene rings is 1. The first kappa shape index (κ1) is 15.2. The summed E-state index contributed by atoms with van der Waals surface area (Å²) in [5, 5.41) is 11.3. The number of carbonyl (C=O) groups excluding carboxylic acids is 1. The van der Waals surface area contributed by atoms with E-state index in [1.807, 2.05) is 0 Å². The molecule has 1 atom stereocenters. The van der Waals surface area contributed by atoms with Crippen molar-refractivity contribution in [2.75, 3.05) is 7.11 Å². The molecule has 0 bridgehead atoms. The molecule has 0 aliphatic heterocycles. The van der Waals surface area contributed by atoms with Crippen LogP contribution in [-0.4, -0.2) is 30.6 Å². The Labute approximate surface area is 103 Å². The van der Waals surface area contributed by atoms with Crippen molar-refractivity contribution in [2.24, 2.45) is 0 Å². The molecule has 0 saturated carbocycles. The summed E-state index contributed by atoms with van der Waals surface area (Å²) in [5.74, 6) is -0.613. The summed E-state index contributed by atoms with van der Waals surface area (Å²) in [6.45, 7) is 0. The molecule has 0 saturated heterocycles. The van der Waals surface area contributed by atoms with Gasteiger partial charge in [-0.15, -0.1) is 0 Å². The molecule has 0 spiro atoms. The van der Waals surface area contributed by atoms with Gasteiger partial charge in [0.25, 0.3) is 0 Å². The number of carbonyl (C=O) groups is 1. The Bertz CT molecular complexity index is 428. The van der Waals surface area contributed by atoms with Gasteiger partial charge in [-0.25, -0.2) is 0 Å². The van der Waals surface area contributed by atoms with E-state index in [-0.39, 0.29) is 6.42 Å². The Balaban J connectivity index is 0.00000289.